The quantitative estimate of drug-likeness (QED) is 0.249. The Bertz CT molecular complexity index is 2980. The number of hydrogen-bond donors (Lipinski definition) is 0. The van der Waals surface area contributed by atoms with Crippen LogP contribution in [0.15, 0.2) is 92.0 Å². The molecule has 1 atom stereocenters. The summed E-state index contributed by atoms with van der Waals surface area (Å²) in [5.41, 5.74) is -0.978. The third-order valence-electron chi connectivity index (χ3n) is 10.8. The lowest BCUT2D eigenvalue weighted by molar-refractivity contribution is 0.0649. The molecule has 2 aromatic heterocycles. The predicted octanol–water partition coefficient (Wildman–Crippen LogP) is 4.26. The predicted molar refractivity (Wildman–Crippen MR) is 195 cm³/mol. The molecule has 7 aromatic rings. The molecule has 1 unspecified atom stereocenters. The maximum absolute atomic E-state index is 14.2. The van der Waals surface area contributed by atoms with Crippen LogP contribution in [0.1, 0.15) is 68.2 Å². The van der Waals surface area contributed by atoms with E-state index >= 15 is 0 Å². The van der Waals surface area contributed by atoms with Crippen LogP contribution in [-0.2, 0) is 0 Å². The second-order valence-electron chi connectivity index (χ2n) is 13.7. The largest absolute Gasteiger partial charge is 0.281 e. The number of carbonyl (C=O) groups excluding carboxylic acids is 4. The number of amides is 4. The van der Waals surface area contributed by atoms with Crippen molar-refractivity contribution in [2.24, 2.45) is 5.92 Å². The summed E-state index contributed by atoms with van der Waals surface area (Å²) in [7, 11) is 1.43. The van der Waals surface area contributed by atoms with Crippen LogP contribution in [0.5, 0.6) is 0 Å². The summed E-state index contributed by atoms with van der Waals surface area (Å²) in [6.07, 6.45) is 0. The van der Waals surface area contributed by atoms with Crippen molar-refractivity contribution in [1.82, 2.24) is 14.1 Å². The Balaban J connectivity index is 1.22. The molecular weight excluding hydrogens is 664 g/mol. The van der Waals surface area contributed by atoms with Gasteiger partial charge in [-0.1, -0.05) is 50.2 Å². The highest BCUT2D eigenvalue weighted by Crippen LogP contribution is 2.41. The van der Waals surface area contributed by atoms with E-state index in [1.165, 1.54) is 31.3 Å². The molecule has 4 amide bonds. The lowest BCUT2D eigenvalue weighted by atomic mass is 9.85. The van der Waals surface area contributed by atoms with Crippen molar-refractivity contribution in [1.29, 1.82) is 0 Å². The third kappa shape index (κ3) is 3.75. The topological polar surface area (TPSA) is 153 Å². The molecule has 12 heteroatoms. The van der Waals surface area contributed by atoms with Crippen molar-refractivity contribution in [3.8, 4) is 11.1 Å². The molecule has 2 aliphatic heterocycles. The van der Waals surface area contributed by atoms with Gasteiger partial charge in [-0.15, -0.1) is 0 Å². The molecule has 0 fully saturated rings. The summed E-state index contributed by atoms with van der Waals surface area (Å²) < 4.78 is 1.59. The monoisotopic (exact) mass is 690 g/mol. The molecule has 2 aliphatic rings. The van der Waals surface area contributed by atoms with Gasteiger partial charge in [0.25, 0.3) is 45.9 Å². The standard InChI is InChI=1S/C40H26N4O8/c1-17(2)18(3)42-35(47)27-15-29-30(16-28(27)36(42)48)40(52)44(39(29)51)43-37(49)24-10-6-8-22-20(12-14-26(32(22)24)38(43)50)19-11-13-25-31-21(19)7-5-9-23(31)33(45)41(4)34(25)46/h5-18H,1-4H3. The summed E-state index contributed by atoms with van der Waals surface area (Å²) in [5.74, 6) is -2.72. The number of hydrogen-bond acceptors (Lipinski definition) is 8. The molecule has 12 nitrogen and oxygen atoms in total. The van der Waals surface area contributed by atoms with Gasteiger partial charge in [-0.2, -0.15) is 9.69 Å². The van der Waals surface area contributed by atoms with Crippen LogP contribution in [-0.4, -0.2) is 44.8 Å². The van der Waals surface area contributed by atoms with Crippen LogP contribution in [0.25, 0.3) is 54.2 Å². The van der Waals surface area contributed by atoms with Gasteiger partial charge in [0.1, 0.15) is 0 Å². The highest BCUT2D eigenvalue weighted by atomic mass is 16.2. The van der Waals surface area contributed by atoms with E-state index in [2.05, 4.69) is 0 Å². The molecule has 0 aliphatic carbocycles. The summed E-state index contributed by atoms with van der Waals surface area (Å²) in [4.78, 5) is 110. The summed E-state index contributed by atoms with van der Waals surface area (Å²) in [5, 5.41) is 2.04. The van der Waals surface area contributed by atoms with Gasteiger partial charge in [0.15, 0.2) is 0 Å². The SMILES string of the molecule is CC(C)C(C)n1c(=O)c2cc3c(=O)n(N4C(=O)c5cccc6c(-c7ccc8c9c(cccc79)C(=O)N(C)C8=O)ccc(c56)C4=O)c(=O)c3cc2c1=O. The van der Waals surface area contributed by atoms with Gasteiger partial charge in [0, 0.05) is 35.0 Å². The average Bonchev–Trinajstić information content (AvgIpc) is 3.53. The van der Waals surface area contributed by atoms with Gasteiger partial charge in [-0.05, 0) is 71.1 Å². The average molecular weight is 691 g/mol. The summed E-state index contributed by atoms with van der Waals surface area (Å²) in [6, 6.07) is 18.6. The Labute approximate surface area is 292 Å². The number of benzene rings is 5. The van der Waals surface area contributed by atoms with Crippen molar-refractivity contribution in [2.45, 2.75) is 26.8 Å². The van der Waals surface area contributed by atoms with E-state index in [0.29, 0.717) is 53.5 Å². The Kier molecular flexibility index (Phi) is 6.21. The van der Waals surface area contributed by atoms with Gasteiger partial charge in [-0.25, -0.2) is 0 Å². The second-order valence-corrected chi connectivity index (χ2v) is 13.7. The lowest BCUT2D eigenvalue weighted by Crippen LogP contribution is -2.55. The van der Waals surface area contributed by atoms with E-state index in [1.54, 1.807) is 55.5 Å². The third-order valence-corrected chi connectivity index (χ3v) is 10.8. The number of fused-ring (bicyclic) bond motifs is 2. The minimum atomic E-state index is -0.981. The van der Waals surface area contributed by atoms with Crippen molar-refractivity contribution in [3.05, 3.63) is 136 Å². The number of carbonyl (C=O) groups is 4. The van der Waals surface area contributed by atoms with Gasteiger partial charge in [0.2, 0.25) is 0 Å². The first-order valence-corrected chi connectivity index (χ1v) is 16.6. The fraction of sp³-hybridized carbons (Fsp3) is 0.150. The zero-order valence-electron chi connectivity index (χ0n) is 28.1. The maximum Gasteiger partial charge on any atom is 0.281 e. The molecule has 0 bridgehead atoms. The zero-order chi connectivity index (χ0) is 36.7. The number of aromatic nitrogens is 2. The Morgan fingerprint density at radius 2 is 0.827 bits per heavy atom. The van der Waals surface area contributed by atoms with Crippen LogP contribution in [0, 0.1) is 5.92 Å². The molecule has 0 saturated carbocycles. The van der Waals surface area contributed by atoms with Crippen LogP contribution in [0.3, 0.4) is 0 Å². The van der Waals surface area contributed by atoms with Crippen molar-refractivity contribution < 1.29 is 19.2 Å². The fourth-order valence-corrected chi connectivity index (χ4v) is 7.78. The zero-order valence-corrected chi connectivity index (χ0v) is 28.1. The molecule has 254 valence electrons. The van der Waals surface area contributed by atoms with E-state index in [4.69, 9.17) is 0 Å². The van der Waals surface area contributed by atoms with E-state index in [9.17, 15) is 38.4 Å². The van der Waals surface area contributed by atoms with E-state index in [0.717, 1.165) is 9.47 Å². The summed E-state index contributed by atoms with van der Waals surface area (Å²) >= 11 is 0. The van der Waals surface area contributed by atoms with Crippen LogP contribution < -0.4 is 27.2 Å². The van der Waals surface area contributed by atoms with Gasteiger partial charge < -0.3 is 0 Å². The van der Waals surface area contributed by atoms with Crippen molar-refractivity contribution in [2.75, 3.05) is 12.1 Å². The molecule has 0 radical (unpaired) electrons. The highest BCUT2D eigenvalue weighted by Gasteiger charge is 2.38. The minimum absolute atomic E-state index is 0.0300. The highest BCUT2D eigenvalue weighted by molar-refractivity contribution is 6.34. The number of imide groups is 2. The van der Waals surface area contributed by atoms with E-state index in [1.807, 2.05) is 13.8 Å². The Morgan fingerprint density at radius 3 is 1.29 bits per heavy atom. The maximum atomic E-state index is 14.2. The van der Waals surface area contributed by atoms with Crippen LogP contribution in [0.2, 0.25) is 0 Å². The van der Waals surface area contributed by atoms with Gasteiger partial charge in [-0.3, -0.25) is 47.8 Å². The van der Waals surface area contributed by atoms with Gasteiger partial charge in [0.05, 0.1) is 32.7 Å². The molecule has 52 heavy (non-hydrogen) atoms. The molecule has 0 N–H and O–H groups in total. The molecule has 0 saturated heterocycles. The van der Waals surface area contributed by atoms with Crippen LogP contribution in [0.4, 0.5) is 0 Å². The normalized spacial score (nSPS) is 15.0. The van der Waals surface area contributed by atoms with Gasteiger partial charge >= 0.3 is 0 Å². The fourth-order valence-electron chi connectivity index (χ4n) is 7.78. The minimum Gasteiger partial charge on any atom is -0.277 e. The van der Waals surface area contributed by atoms with E-state index in [-0.39, 0.29) is 38.6 Å². The molecule has 0 spiro atoms. The van der Waals surface area contributed by atoms with E-state index < -0.39 is 51.9 Å². The smallest absolute Gasteiger partial charge is 0.277 e. The molecule has 5 aromatic carbocycles. The second kappa shape index (κ2) is 10.4. The van der Waals surface area contributed by atoms with Crippen molar-refractivity contribution >= 4 is 66.7 Å². The number of nitrogens with zero attached hydrogens (tertiary/aromatic N) is 4. The first-order valence-electron chi connectivity index (χ1n) is 16.6. The Morgan fingerprint density at radius 1 is 0.442 bits per heavy atom. The van der Waals surface area contributed by atoms with Crippen molar-refractivity contribution in [3.63, 3.8) is 0 Å². The van der Waals surface area contributed by atoms with Crippen LogP contribution >= 0.6 is 0 Å². The lowest BCUT2D eigenvalue weighted by Gasteiger charge is -2.27. The number of rotatable bonds is 4. The first-order chi connectivity index (χ1) is 24.8. The molecular formula is C40H26N4O8. The Hall–Kier alpha value is -6.82. The molecule has 4 heterocycles. The molecule has 9 rings (SSSR count). The first kappa shape index (κ1) is 31.2. The summed E-state index contributed by atoms with van der Waals surface area (Å²) in [6.45, 7) is 5.47.